The molecule has 1 N–H and O–H groups in total. The molecule has 128 valence electrons. The summed E-state index contributed by atoms with van der Waals surface area (Å²) in [6.45, 7) is 2.00. The van der Waals surface area contributed by atoms with Crippen molar-refractivity contribution in [3.8, 4) is 0 Å². The van der Waals surface area contributed by atoms with Crippen LogP contribution in [0.15, 0.2) is 54.0 Å². The Morgan fingerprint density at radius 2 is 2.04 bits per heavy atom. The Balaban J connectivity index is 1.61. The minimum absolute atomic E-state index is 0.245. The number of rotatable bonds is 3. The number of aromatic nitrogens is 3. The molecule has 1 aliphatic rings. The van der Waals surface area contributed by atoms with Gasteiger partial charge in [0, 0.05) is 46.8 Å². The monoisotopic (exact) mass is 363 g/mol. The fourth-order valence-electron chi connectivity index (χ4n) is 2.79. The van der Waals surface area contributed by atoms with Gasteiger partial charge in [-0.05, 0) is 30.7 Å². The zero-order valence-electron chi connectivity index (χ0n) is 13.9. The quantitative estimate of drug-likeness (QED) is 0.768. The molecular formula is C19H14ClN5O. The molecule has 0 atom stereocenters. The summed E-state index contributed by atoms with van der Waals surface area (Å²) in [6, 6.07) is 7.37. The molecule has 3 aromatic rings. The number of anilines is 1. The van der Waals surface area contributed by atoms with Gasteiger partial charge in [0.15, 0.2) is 5.82 Å². The zero-order valence-corrected chi connectivity index (χ0v) is 14.7. The van der Waals surface area contributed by atoms with Gasteiger partial charge < -0.3 is 5.32 Å². The van der Waals surface area contributed by atoms with E-state index in [9.17, 15) is 4.79 Å². The molecule has 3 heterocycles. The summed E-state index contributed by atoms with van der Waals surface area (Å²) in [5, 5.41) is 3.38. The number of benzene rings is 1. The molecule has 6 nitrogen and oxygen atoms in total. The van der Waals surface area contributed by atoms with Gasteiger partial charge in [0.1, 0.15) is 5.69 Å². The average molecular weight is 364 g/mol. The third-order valence-corrected chi connectivity index (χ3v) is 4.34. The van der Waals surface area contributed by atoms with E-state index in [0.29, 0.717) is 17.1 Å². The number of pyridine rings is 1. The molecule has 0 fully saturated rings. The first-order chi connectivity index (χ1) is 12.6. The van der Waals surface area contributed by atoms with Gasteiger partial charge in [0.2, 0.25) is 0 Å². The van der Waals surface area contributed by atoms with E-state index in [0.717, 1.165) is 28.2 Å². The fraction of sp³-hybridized carbons (Fsp3) is 0.105. The molecule has 0 radical (unpaired) electrons. The number of halogens is 1. The van der Waals surface area contributed by atoms with Crippen LogP contribution in [0.5, 0.6) is 0 Å². The van der Waals surface area contributed by atoms with E-state index in [1.54, 1.807) is 18.3 Å². The second-order valence-electron chi connectivity index (χ2n) is 5.97. The smallest absolute Gasteiger partial charge is 0.275 e. The van der Waals surface area contributed by atoms with E-state index in [1.165, 1.54) is 18.6 Å². The summed E-state index contributed by atoms with van der Waals surface area (Å²) in [5.41, 5.74) is 4.64. The van der Waals surface area contributed by atoms with E-state index >= 15 is 0 Å². The number of hydrogen-bond acceptors (Lipinski definition) is 5. The highest BCUT2D eigenvalue weighted by molar-refractivity contribution is 6.34. The number of carbonyl (C=O) groups is 1. The Kier molecular flexibility index (Phi) is 4.18. The van der Waals surface area contributed by atoms with Crippen LogP contribution in [0.1, 0.15) is 27.2 Å². The Hall–Kier alpha value is -3.12. The van der Waals surface area contributed by atoms with Crippen LogP contribution in [0.4, 0.5) is 11.5 Å². The number of carbonyl (C=O) groups excluding carboxylic acids is 1. The molecular weight excluding hydrogens is 350 g/mol. The normalized spacial score (nSPS) is 12.5. The summed E-state index contributed by atoms with van der Waals surface area (Å²) in [7, 11) is 0. The van der Waals surface area contributed by atoms with Gasteiger partial charge in [-0.15, -0.1) is 0 Å². The van der Waals surface area contributed by atoms with Crippen molar-refractivity contribution in [2.45, 2.75) is 13.3 Å². The molecule has 4 rings (SSSR count). The van der Waals surface area contributed by atoms with Gasteiger partial charge in [0.25, 0.3) is 5.91 Å². The van der Waals surface area contributed by atoms with Crippen molar-refractivity contribution in [2.75, 3.05) is 5.32 Å². The molecule has 0 spiro atoms. The van der Waals surface area contributed by atoms with Crippen molar-refractivity contribution in [3.63, 3.8) is 0 Å². The van der Waals surface area contributed by atoms with Gasteiger partial charge in [-0.25, -0.2) is 15.0 Å². The third-order valence-electron chi connectivity index (χ3n) is 4.01. The lowest BCUT2D eigenvalue weighted by atomic mass is 10.0. The second kappa shape index (κ2) is 6.65. The van der Waals surface area contributed by atoms with Gasteiger partial charge >= 0.3 is 0 Å². The SMILES string of the molecule is Cc1cnc2c(c1)CC(c1cc(NC(=O)c3cnccn3)ccc1Cl)=N2. The molecule has 0 bridgehead atoms. The molecule has 0 aliphatic carbocycles. The van der Waals surface area contributed by atoms with Gasteiger partial charge in [0.05, 0.1) is 11.9 Å². The first kappa shape index (κ1) is 16.4. The minimum Gasteiger partial charge on any atom is -0.321 e. The Labute approximate surface area is 155 Å². The molecule has 7 heteroatoms. The maximum atomic E-state index is 12.3. The molecule has 0 saturated carbocycles. The first-order valence-electron chi connectivity index (χ1n) is 8.00. The van der Waals surface area contributed by atoms with Crippen molar-refractivity contribution in [1.29, 1.82) is 0 Å². The Morgan fingerprint density at radius 1 is 1.15 bits per heavy atom. The lowest BCUT2D eigenvalue weighted by Gasteiger charge is -2.09. The number of hydrogen-bond donors (Lipinski definition) is 1. The van der Waals surface area contributed by atoms with Crippen molar-refractivity contribution < 1.29 is 4.79 Å². The largest absolute Gasteiger partial charge is 0.321 e. The van der Waals surface area contributed by atoms with E-state index in [-0.39, 0.29) is 11.6 Å². The van der Waals surface area contributed by atoms with Gasteiger partial charge in [-0.2, -0.15) is 0 Å². The maximum Gasteiger partial charge on any atom is 0.275 e. The van der Waals surface area contributed by atoms with Crippen LogP contribution in [0.3, 0.4) is 0 Å². The topological polar surface area (TPSA) is 80.1 Å². The molecule has 26 heavy (non-hydrogen) atoms. The molecule has 1 aliphatic heterocycles. The molecule has 0 saturated heterocycles. The van der Waals surface area contributed by atoms with Crippen LogP contribution in [-0.2, 0) is 6.42 Å². The average Bonchev–Trinajstić information content (AvgIpc) is 3.07. The first-order valence-corrected chi connectivity index (χ1v) is 8.38. The summed E-state index contributed by atoms with van der Waals surface area (Å²) < 4.78 is 0. The van der Waals surface area contributed by atoms with Crippen molar-refractivity contribution >= 4 is 34.7 Å². The maximum absolute atomic E-state index is 12.3. The molecule has 0 unspecified atom stereocenters. The predicted octanol–water partition coefficient (Wildman–Crippen LogP) is 3.76. The van der Waals surface area contributed by atoms with Crippen LogP contribution >= 0.6 is 11.6 Å². The highest BCUT2D eigenvalue weighted by atomic mass is 35.5. The predicted molar refractivity (Wildman–Crippen MR) is 100 cm³/mol. The van der Waals surface area contributed by atoms with Gasteiger partial charge in [-0.3, -0.25) is 9.78 Å². The zero-order chi connectivity index (χ0) is 18.1. The molecule has 2 aromatic heterocycles. The number of aryl methyl sites for hydroxylation is 1. The highest BCUT2D eigenvalue weighted by Crippen LogP contribution is 2.31. The summed E-state index contributed by atoms with van der Waals surface area (Å²) in [6.07, 6.45) is 6.86. The number of amides is 1. The van der Waals surface area contributed by atoms with E-state index in [4.69, 9.17) is 11.6 Å². The second-order valence-corrected chi connectivity index (χ2v) is 6.38. The van der Waals surface area contributed by atoms with E-state index in [1.807, 2.05) is 13.0 Å². The fourth-order valence-corrected chi connectivity index (χ4v) is 3.02. The van der Waals surface area contributed by atoms with Crippen LogP contribution in [0, 0.1) is 6.92 Å². The number of aliphatic imine (C=N–C) groups is 1. The Bertz CT molecular complexity index is 1030. The molecule has 1 aromatic carbocycles. The third kappa shape index (κ3) is 3.19. The highest BCUT2D eigenvalue weighted by Gasteiger charge is 2.20. The summed E-state index contributed by atoms with van der Waals surface area (Å²) >= 11 is 6.37. The van der Waals surface area contributed by atoms with Crippen LogP contribution in [0.25, 0.3) is 0 Å². The lowest BCUT2D eigenvalue weighted by molar-refractivity contribution is 0.102. The summed E-state index contributed by atoms with van der Waals surface area (Å²) in [5.74, 6) is 0.385. The summed E-state index contributed by atoms with van der Waals surface area (Å²) in [4.78, 5) is 29.1. The van der Waals surface area contributed by atoms with Crippen LogP contribution < -0.4 is 5.32 Å². The van der Waals surface area contributed by atoms with Crippen LogP contribution in [-0.4, -0.2) is 26.6 Å². The number of nitrogens with one attached hydrogen (secondary N) is 1. The van der Waals surface area contributed by atoms with Crippen molar-refractivity contribution in [1.82, 2.24) is 15.0 Å². The number of fused-ring (bicyclic) bond motifs is 1. The van der Waals surface area contributed by atoms with Crippen molar-refractivity contribution in [3.05, 3.63) is 76.5 Å². The molecule has 1 amide bonds. The van der Waals surface area contributed by atoms with Crippen LogP contribution in [0.2, 0.25) is 5.02 Å². The lowest BCUT2D eigenvalue weighted by Crippen LogP contribution is -2.14. The van der Waals surface area contributed by atoms with E-state index < -0.39 is 0 Å². The minimum atomic E-state index is -0.333. The van der Waals surface area contributed by atoms with E-state index in [2.05, 4.69) is 31.3 Å². The van der Waals surface area contributed by atoms with Crippen molar-refractivity contribution in [2.24, 2.45) is 4.99 Å². The Morgan fingerprint density at radius 3 is 2.85 bits per heavy atom. The standard InChI is InChI=1S/C19H14ClN5O/c1-11-6-12-7-16(25-18(12)23-9-11)14-8-13(2-3-15(14)20)24-19(26)17-10-21-4-5-22-17/h2-6,8-10H,7H2,1H3,(H,24,26). The van der Waals surface area contributed by atoms with Gasteiger partial charge in [-0.1, -0.05) is 17.7 Å². The number of nitrogens with zero attached hydrogens (tertiary/aromatic N) is 4.